The van der Waals surface area contributed by atoms with E-state index < -0.39 is 0 Å². The summed E-state index contributed by atoms with van der Waals surface area (Å²) >= 11 is 0. The van der Waals surface area contributed by atoms with Crippen molar-refractivity contribution in [3.8, 4) is 0 Å². The third kappa shape index (κ3) is 5.75. The molecular formula is C26H33N3O3. The molecule has 2 saturated heterocycles. The van der Waals surface area contributed by atoms with E-state index >= 15 is 0 Å². The Morgan fingerprint density at radius 2 is 1.62 bits per heavy atom. The number of hydrogen-bond acceptors (Lipinski definition) is 4. The highest BCUT2D eigenvalue weighted by molar-refractivity contribution is 6.05. The normalized spacial score (nSPS) is 21.9. The van der Waals surface area contributed by atoms with Crippen molar-refractivity contribution in [3.05, 3.63) is 65.2 Å². The van der Waals surface area contributed by atoms with Crippen LogP contribution in [0.3, 0.4) is 0 Å². The lowest BCUT2D eigenvalue weighted by atomic mass is 10.1. The Kier molecular flexibility index (Phi) is 7.22. The molecule has 2 unspecified atom stereocenters. The minimum Gasteiger partial charge on any atom is -0.373 e. The first-order chi connectivity index (χ1) is 15.5. The van der Waals surface area contributed by atoms with E-state index in [9.17, 15) is 9.59 Å². The molecule has 2 atom stereocenters. The van der Waals surface area contributed by atoms with Gasteiger partial charge in [-0.05, 0) is 69.0 Å². The third-order valence-corrected chi connectivity index (χ3v) is 6.13. The van der Waals surface area contributed by atoms with Gasteiger partial charge in [0.15, 0.2) is 0 Å². The van der Waals surface area contributed by atoms with E-state index in [4.69, 9.17) is 4.74 Å². The van der Waals surface area contributed by atoms with Gasteiger partial charge in [-0.3, -0.25) is 14.5 Å². The fraction of sp³-hybridized carbons (Fsp3) is 0.462. The Bertz CT molecular complexity index is 928. The van der Waals surface area contributed by atoms with Gasteiger partial charge in [-0.2, -0.15) is 0 Å². The molecule has 2 aromatic carbocycles. The van der Waals surface area contributed by atoms with Gasteiger partial charge in [0, 0.05) is 49.5 Å². The molecule has 6 heteroatoms. The molecule has 0 saturated carbocycles. The molecule has 0 radical (unpaired) electrons. The van der Waals surface area contributed by atoms with Crippen molar-refractivity contribution in [2.24, 2.45) is 0 Å². The van der Waals surface area contributed by atoms with Crippen molar-refractivity contribution in [2.45, 2.75) is 51.9 Å². The molecule has 0 aromatic heterocycles. The fourth-order valence-electron chi connectivity index (χ4n) is 4.65. The molecule has 0 bridgehead atoms. The van der Waals surface area contributed by atoms with E-state index in [0.717, 1.165) is 45.6 Å². The molecule has 2 heterocycles. The first-order valence-corrected chi connectivity index (χ1v) is 11.7. The summed E-state index contributed by atoms with van der Waals surface area (Å²) in [4.78, 5) is 29.8. The number of carbonyl (C=O) groups is 2. The summed E-state index contributed by atoms with van der Waals surface area (Å²) < 4.78 is 5.80. The summed E-state index contributed by atoms with van der Waals surface area (Å²) in [6.45, 7) is 8.50. The quantitative estimate of drug-likeness (QED) is 0.766. The maximum Gasteiger partial charge on any atom is 0.255 e. The van der Waals surface area contributed by atoms with Gasteiger partial charge in [0.2, 0.25) is 0 Å². The van der Waals surface area contributed by atoms with E-state index in [1.54, 1.807) is 6.07 Å². The third-order valence-electron chi connectivity index (χ3n) is 6.13. The van der Waals surface area contributed by atoms with Gasteiger partial charge >= 0.3 is 0 Å². The highest BCUT2D eigenvalue weighted by atomic mass is 16.5. The Morgan fingerprint density at radius 3 is 2.31 bits per heavy atom. The molecular weight excluding hydrogens is 402 g/mol. The van der Waals surface area contributed by atoms with Crippen LogP contribution < -0.4 is 5.32 Å². The lowest BCUT2D eigenvalue weighted by molar-refractivity contribution is -0.0704. The van der Waals surface area contributed by atoms with E-state index in [1.165, 1.54) is 12.0 Å². The van der Waals surface area contributed by atoms with Gasteiger partial charge < -0.3 is 15.0 Å². The van der Waals surface area contributed by atoms with Gasteiger partial charge in [0.25, 0.3) is 11.8 Å². The second kappa shape index (κ2) is 10.3. The van der Waals surface area contributed by atoms with Gasteiger partial charge in [-0.25, -0.2) is 0 Å². The molecule has 2 amide bonds. The van der Waals surface area contributed by atoms with Crippen LogP contribution in [0.25, 0.3) is 0 Å². The number of hydrogen-bond donors (Lipinski definition) is 1. The average Bonchev–Trinajstić information content (AvgIpc) is 2.79. The van der Waals surface area contributed by atoms with Crippen molar-refractivity contribution in [1.82, 2.24) is 9.80 Å². The van der Waals surface area contributed by atoms with Crippen molar-refractivity contribution in [3.63, 3.8) is 0 Å². The highest BCUT2D eigenvalue weighted by Crippen LogP contribution is 2.18. The number of anilines is 1. The SMILES string of the molecule is CC1CN(Cc2ccc(C(=O)Nc3cccc(C(=O)N4CCCCC4)c3)cc2)CC(C)O1. The number of piperidine rings is 1. The lowest BCUT2D eigenvalue weighted by Crippen LogP contribution is -2.44. The fourth-order valence-corrected chi connectivity index (χ4v) is 4.65. The number of morpholine rings is 1. The molecule has 2 aromatic rings. The average molecular weight is 436 g/mol. The smallest absolute Gasteiger partial charge is 0.255 e. The second-order valence-electron chi connectivity index (χ2n) is 9.04. The van der Waals surface area contributed by atoms with Crippen molar-refractivity contribution in [2.75, 3.05) is 31.5 Å². The molecule has 32 heavy (non-hydrogen) atoms. The number of rotatable bonds is 5. The Morgan fingerprint density at radius 1 is 0.938 bits per heavy atom. The zero-order chi connectivity index (χ0) is 22.5. The molecule has 0 spiro atoms. The van der Waals surface area contributed by atoms with Gasteiger partial charge in [-0.15, -0.1) is 0 Å². The molecule has 6 nitrogen and oxygen atoms in total. The standard InChI is InChI=1S/C26H33N3O3/c1-19-16-28(17-20(2)32-19)18-21-9-11-22(12-10-21)25(30)27-24-8-6-7-23(15-24)26(31)29-13-4-3-5-14-29/h6-12,15,19-20H,3-5,13-14,16-18H2,1-2H3,(H,27,30). The van der Waals surface area contributed by atoms with Crippen LogP contribution in [0.4, 0.5) is 5.69 Å². The number of benzene rings is 2. The first kappa shape index (κ1) is 22.5. The zero-order valence-electron chi connectivity index (χ0n) is 19.0. The van der Waals surface area contributed by atoms with Crippen LogP contribution >= 0.6 is 0 Å². The van der Waals surface area contributed by atoms with Crippen LogP contribution in [-0.2, 0) is 11.3 Å². The minimum atomic E-state index is -0.173. The summed E-state index contributed by atoms with van der Waals surface area (Å²) in [5.74, 6) is -0.135. The van der Waals surface area contributed by atoms with Gasteiger partial charge in [-0.1, -0.05) is 18.2 Å². The number of nitrogens with zero attached hydrogens (tertiary/aromatic N) is 2. The summed E-state index contributed by atoms with van der Waals surface area (Å²) in [5, 5.41) is 2.93. The van der Waals surface area contributed by atoms with Crippen LogP contribution in [0.2, 0.25) is 0 Å². The Balaban J connectivity index is 1.36. The molecule has 0 aliphatic carbocycles. The van der Waals surface area contributed by atoms with E-state index in [2.05, 4.69) is 24.1 Å². The summed E-state index contributed by atoms with van der Waals surface area (Å²) in [6.07, 6.45) is 3.77. The van der Waals surface area contributed by atoms with Crippen LogP contribution in [0, 0.1) is 0 Å². The van der Waals surface area contributed by atoms with E-state index in [-0.39, 0.29) is 24.0 Å². The largest absolute Gasteiger partial charge is 0.373 e. The predicted octanol–water partition coefficient (Wildman–Crippen LogP) is 4.17. The Labute approximate surface area is 190 Å². The van der Waals surface area contributed by atoms with Crippen LogP contribution in [0.15, 0.2) is 48.5 Å². The Hall–Kier alpha value is -2.70. The molecule has 2 fully saturated rings. The summed E-state index contributed by atoms with van der Waals surface area (Å²) in [5.41, 5.74) is 3.04. The van der Waals surface area contributed by atoms with Crippen LogP contribution in [0.1, 0.15) is 59.4 Å². The van der Waals surface area contributed by atoms with Gasteiger partial charge in [0.1, 0.15) is 0 Å². The topological polar surface area (TPSA) is 61.9 Å². The predicted molar refractivity (Wildman–Crippen MR) is 126 cm³/mol. The monoisotopic (exact) mass is 435 g/mol. The van der Waals surface area contributed by atoms with Crippen LogP contribution in [-0.4, -0.2) is 60.0 Å². The van der Waals surface area contributed by atoms with E-state index in [0.29, 0.717) is 16.8 Å². The maximum absolute atomic E-state index is 12.8. The molecule has 2 aliphatic heterocycles. The number of ether oxygens (including phenoxy) is 1. The van der Waals surface area contributed by atoms with Gasteiger partial charge in [0.05, 0.1) is 12.2 Å². The lowest BCUT2D eigenvalue weighted by Gasteiger charge is -2.35. The summed E-state index contributed by atoms with van der Waals surface area (Å²) in [7, 11) is 0. The molecule has 1 N–H and O–H groups in total. The number of nitrogens with one attached hydrogen (secondary N) is 1. The van der Waals surface area contributed by atoms with Crippen molar-refractivity contribution < 1.29 is 14.3 Å². The van der Waals surface area contributed by atoms with E-state index in [1.807, 2.05) is 47.4 Å². The molecule has 170 valence electrons. The zero-order valence-corrected chi connectivity index (χ0v) is 19.0. The first-order valence-electron chi connectivity index (χ1n) is 11.7. The van der Waals surface area contributed by atoms with Crippen molar-refractivity contribution >= 4 is 17.5 Å². The minimum absolute atomic E-state index is 0.0388. The number of likely N-dealkylation sites (tertiary alicyclic amines) is 1. The number of carbonyl (C=O) groups excluding carboxylic acids is 2. The van der Waals surface area contributed by atoms with Crippen molar-refractivity contribution in [1.29, 1.82) is 0 Å². The van der Waals surface area contributed by atoms with Crippen LogP contribution in [0.5, 0.6) is 0 Å². The molecule has 4 rings (SSSR count). The number of amides is 2. The maximum atomic E-state index is 12.8. The second-order valence-corrected chi connectivity index (χ2v) is 9.04. The molecule has 2 aliphatic rings. The highest BCUT2D eigenvalue weighted by Gasteiger charge is 2.22. The summed E-state index contributed by atoms with van der Waals surface area (Å²) in [6, 6.07) is 15.0.